The van der Waals surface area contributed by atoms with E-state index in [2.05, 4.69) is 4.72 Å². The molecule has 0 aliphatic carbocycles. The molecule has 2 aromatic rings. The van der Waals surface area contributed by atoms with Crippen LogP contribution in [0.15, 0.2) is 47.4 Å². The van der Waals surface area contributed by atoms with Crippen molar-refractivity contribution in [3.63, 3.8) is 0 Å². The molecular formula is C19H21ClN2O4S. The van der Waals surface area contributed by atoms with Crippen LogP contribution < -0.4 is 9.46 Å². The van der Waals surface area contributed by atoms with Gasteiger partial charge in [0.1, 0.15) is 10.6 Å². The fourth-order valence-electron chi connectivity index (χ4n) is 3.01. The quantitative estimate of drug-likeness (QED) is 0.795. The molecule has 0 spiro atoms. The van der Waals surface area contributed by atoms with E-state index in [1.807, 2.05) is 4.90 Å². The maximum atomic E-state index is 12.7. The lowest BCUT2D eigenvalue weighted by molar-refractivity contribution is -0.129. The van der Waals surface area contributed by atoms with Gasteiger partial charge in [0, 0.05) is 23.8 Å². The second-order valence-corrected chi connectivity index (χ2v) is 8.45. The second kappa shape index (κ2) is 8.19. The van der Waals surface area contributed by atoms with Crippen LogP contribution in [0.25, 0.3) is 0 Å². The number of anilines is 1. The Morgan fingerprint density at radius 2 is 1.81 bits per heavy atom. The number of ether oxygens (including phenoxy) is 1. The lowest BCUT2D eigenvalue weighted by Gasteiger charge is -2.15. The third kappa shape index (κ3) is 4.73. The van der Waals surface area contributed by atoms with Crippen LogP contribution in [0.1, 0.15) is 18.4 Å². The Bertz CT molecular complexity index is 923. The van der Waals surface area contributed by atoms with Crippen LogP contribution in [0.5, 0.6) is 5.75 Å². The molecule has 8 heteroatoms. The highest BCUT2D eigenvalue weighted by Gasteiger charge is 2.21. The van der Waals surface area contributed by atoms with Gasteiger partial charge in [-0.3, -0.25) is 9.52 Å². The number of carbonyl (C=O) groups is 1. The average Bonchev–Trinajstić information content (AvgIpc) is 3.18. The van der Waals surface area contributed by atoms with Crippen molar-refractivity contribution in [2.24, 2.45) is 0 Å². The highest BCUT2D eigenvalue weighted by molar-refractivity contribution is 7.92. The molecule has 0 aromatic heterocycles. The summed E-state index contributed by atoms with van der Waals surface area (Å²) in [4.78, 5) is 14.0. The van der Waals surface area contributed by atoms with Crippen molar-refractivity contribution in [2.45, 2.75) is 24.2 Å². The van der Waals surface area contributed by atoms with Gasteiger partial charge in [-0.25, -0.2) is 8.42 Å². The first kappa shape index (κ1) is 19.5. The molecule has 1 aliphatic rings. The Hall–Kier alpha value is -2.25. The number of rotatable bonds is 6. The SMILES string of the molecule is COc1ccc(Cl)cc1S(=O)(=O)Nc1ccc(CC(=O)N2CCCC2)cc1. The van der Waals surface area contributed by atoms with E-state index in [9.17, 15) is 13.2 Å². The molecule has 1 heterocycles. The van der Waals surface area contributed by atoms with Crippen molar-refractivity contribution in [3.05, 3.63) is 53.1 Å². The summed E-state index contributed by atoms with van der Waals surface area (Å²) >= 11 is 5.92. The van der Waals surface area contributed by atoms with E-state index in [1.54, 1.807) is 30.3 Å². The first-order chi connectivity index (χ1) is 12.9. The monoisotopic (exact) mass is 408 g/mol. The summed E-state index contributed by atoms with van der Waals surface area (Å²) in [6, 6.07) is 11.2. The summed E-state index contributed by atoms with van der Waals surface area (Å²) in [5, 5.41) is 0.298. The third-order valence-corrected chi connectivity index (χ3v) is 6.07. The molecular weight excluding hydrogens is 388 g/mol. The van der Waals surface area contributed by atoms with E-state index in [-0.39, 0.29) is 16.6 Å². The maximum absolute atomic E-state index is 12.7. The van der Waals surface area contributed by atoms with Gasteiger partial charge >= 0.3 is 0 Å². The van der Waals surface area contributed by atoms with Crippen LogP contribution in [0, 0.1) is 0 Å². The zero-order valence-corrected chi connectivity index (χ0v) is 16.5. The fourth-order valence-corrected chi connectivity index (χ4v) is 4.51. The van der Waals surface area contributed by atoms with Gasteiger partial charge in [0.15, 0.2) is 0 Å². The molecule has 144 valence electrons. The van der Waals surface area contributed by atoms with E-state index in [0.717, 1.165) is 31.5 Å². The van der Waals surface area contributed by atoms with E-state index in [0.29, 0.717) is 17.1 Å². The Kier molecular flexibility index (Phi) is 5.92. The van der Waals surface area contributed by atoms with Gasteiger partial charge < -0.3 is 9.64 Å². The van der Waals surface area contributed by atoms with E-state index >= 15 is 0 Å². The molecule has 1 fully saturated rings. The smallest absolute Gasteiger partial charge is 0.265 e. The van der Waals surface area contributed by atoms with Gasteiger partial charge in [0.2, 0.25) is 5.91 Å². The molecule has 0 atom stereocenters. The normalized spacial score (nSPS) is 14.2. The molecule has 2 aromatic carbocycles. The lowest BCUT2D eigenvalue weighted by Crippen LogP contribution is -2.29. The molecule has 0 unspecified atom stereocenters. The summed E-state index contributed by atoms with van der Waals surface area (Å²) in [6.07, 6.45) is 2.42. The minimum absolute atomic E-state index is 0.0363. The van der Waals surface area contributed by atoms with Gasteiger partial charge in [-0.1, -0.05) is 23.7 Å². The predicted octanol–water partition coefficient (Wildman–Crippen LogP) is 3.31. The van der Waals surface area contributed by atoms with E-state index < -0.39 is 10.0 Å². The number of nitrogens with zero attached hydrogens (tertiary/aromatic N) is 1. The molecule has 1 aliphatic heterocycles. The van der Waals surface area contributed by atoms with Crippen molar-refractivity contribution in [1.29, 1.82) is 0 Å². The Balaban J connectivity index is 1.72. The Morgan fingerprint density at radius 1 is 1.15 bits per heavy atom. The lowest BCUT2D eigenvalue weighted by atomic mass is 10.1. The van der Waals surface area contributed by atoms with Crippen molar-refractivity contribution in [2.75, 3.05) is 24.9 Å². The van der Waals surface area contributed by atoms with Gasteiger partial charge in [-0.15, -0.1) is 0 Å². The number of carbonyl (C=O) groups excluding carboxylic acids is 1. The fraction of sp³-hybridized carbons (Fsp3) is 0.316. The Labute approximate surface area is 164 Å². The zero-order chi connectivity index (χ0) is 19.4. The minimum Gasteiger partial charge on any atom is -0.495 e. The largest absolute Gasteiger partial charge is 0.495 e. The van der Waals surface area contributed by atoms with E-state index in [1.165, 1.54) is 19.2 Å². The van der Waals surface area contributed by atoms with Crippen LogP contribution in [-0.4, -0.2) is 39.4 Å². The summed E-state index contributed by atoms with van der Waals surface area (Å²) in [7, 11) is -2.46. The first-order valence-corrected chi connectivity index (χ1v) is 10.5. The van der Waals surface area contributed by atoms with Gasteiger partial charge in [-0.05, 0) is 48.7 Å². The molecule has 0 radical (unpaired) electrons. The molecule has 3 rings (SSSR count). The summed E-state index contributed by atoms with van der Waals surface area (Å²) < 4.78 is 32.9. The zero-order valence-electron chi connectivity index (χ0n) is 14.9. The highest BCUT2D eigenvalue weighted by atomic mass is 35.5. The number of hydrogen-bond acceptors (Lipinski definition) is 4. The number of hydrogen-bond donors (Lipinski definition) is 1. The predicted molar refractivity (Wildman–Crippen MR) is 105 cm³/mol. The van der Waals surface area contributed by atoms with Crippen molar-refractivity contribution in [3.8, 4) is 5.75 Å². The van der Waals surface area contributed by atoms with Crippen molar-refractivity contribution in [1.82, 2.24) is 4.90 Å². The molecule has 1 N–H and O–H groups in total. The molecule has 27 heavy (non-hydrogen) atoms. The molecule has 1 amide bonds. The van der Waals surface area contributed by atoms with Gasteiger partial charge in [-0.2, -0.15) is 0 Å². The highest BCUT2D eigenvalue weighted by Crippen LogP contribution is 2.28. The number of nitrogens with one attached hydrogen (secondary N) is 1. The van der Waals surface area contributed by atoms with Crippen LogP contribution in [0.2, 0.25) is 5.02 Å². The standard InChI is InChI=1S/C19H21ClN2O4S/c1-26-17-9-6-15(20)13-18(17)27(24,25)21-16-7-4-14(5-8-16)12-19(23)22-10-2-3-11-22/h4-9,13,21H,2-3,10-12H2,1H3. The van der Waals surface area contributed by atoms with Crippen LogP contribution >= 0.6 is 11.6 Å². The number of methoxy groups -OCH3 is 1. The Morgan fingerprint density at radius 3 is 2.44 bits per heavy atom. The van der Waals surface area contributed by atoms with Crippen LogP contribution in [0.4, 0.5) is 5.69 Å². The summed E-state index contributed by atoms with van der Waals surface area (Å²) in [5.74, 6) is 0.309. The third-order valence-electron chi connectivity index (χ3n) is 4.44. The number of halogens is 1. The number of likely N-dealkylation sites (tertiary alicyclic amines) is 1. The maximum Gasteiger partial charge on any atom is 0.265 e. The summed E-state index contributed by atoms with van der Waals surface area (Å²) in [5.41, 5.74) is 1.24. The number of sulfonamides is 1. The minimum atomic E-state index is -3.86. The topological polar surface area (TPSA) is 75.7 Å². The molecule has 0 bridgehead atoms. The summed E-state index contributed by atoms with van der Waals surface area (Å²) in [6.45, 7) is 1.64. The number of benzene rings is 2. The molecule has 1 saturated heterocycles. The molecule has 0 saturated carbocycles. The van der Waals surface area contributed by atoms with Crippen LogP contribution in [0.3, 0.4) is 0 Å². The number of amides is 1. The van der Waals surface area contributed by atoms with Crippen molar-refractivity contribution >= 4 is 33.2 Å². The average molecular weight is 409 g/mol. The van der Waals surface area contributed by atoms with Crippen molar-refractivity contribution < 1.29 is 17.9 Å². The van der Waals surface area contributed by atoms with Gasteiger partial charge in [0.25, 0.3) is 10.0 Å². The van der Waals surface area contributed by atoms with Gasteiger partial charge in [0.05, 0.1) is 13.5 Å². The first-order valence-electron chi connectivity index (χ1n) is 8.62. The second-order valence-electron chi connectivity index (χ2n) is 6.36. The molecule has 6 nitrogen and oxygen atoms in total. The van der Waals surface area contributed by atoms with Crippen LogP contribution in [-0.2, 0) is 21.2 Å². The van der Waals surface area contributed by atoms with E-state index in [4.69, 9.17) is 16.3 Å².